The van der Waals surface area contributed by atoms with E-state index >= 15 is 0 Å². The van der Waals surface area contributed by atoms with E-state index in [2.05, 4.69) is 50.2 Å². The number of nitrogens with two attached hydrogens (primary N) is 1. The largest absolute Gasteiger partial charge is 0.496 e. The third-order valence-electron chi connectivity index (χ3n) is 3.13. The van der Waals surface area contributed by atoms with E-state index in [-0.39, 0.29) is 12.4 Å². The van der Waals surface area contributed by atoms with Crippen LogP contribution in [0, 0.1) is 13.8 Å². The molecule has 2 aromatic rings. The molecule has 0 saturated carbocycles. The number of ether oxygens (including phenoxy) is 1. The Kier molecular flexibility index (Phi) is 5.40. The van der Waals surface area contributed by atoms with Crippen molar-refractivity contribution in [1.82, 2.24) is 0 Å². The van der Waals surface area contributed by atoms with E-state index in [0.717, 1.165) is 16.9 Å². The molecule has 0 amide bonds. The molecule has 0 atom stereocenters. The number of hydrogen-bond donors (Lipinski definition) is 1. The summed E-state index contributed by atoms with van der Waals surface area (Å²) in [6.07, 6.45) is 0. The lowest BCUT2D eigenvalue weighted by Gasteiger charge is -2.13. The molecular formula is C16H20ClNO. The van der Waals surface area contributed by atoms with E-state index < -0.39 is 0 Å². The van der Waals surface area contributed by atoms with Gasteiger partial charge >= 0.3 is 0 Å². The first kappa shape index (κ1) is 15.5. The Bertz CT molecular complexity index is 567. The van der Waals surface area contributed by atoms with Gasteiger partial charge in [-0.2, -0.15) is 0 Å². The molecule has 2 N–H and O–H groups in total. The van der Waals surface area contributed by atoms with Crippen molar-refractivity contribution in [1.29, 1.82) is 0 Å². The van der Waals surface area contributed by atoms with Crippen molar-refractivity contribution in [3.8, 4) is 16.9 Å². The van der Waals surface area contributed by atoms with Crippen molar-refractivity contribution in [2.45, 2.75) is 20.4 Å². The highest BCUT2D eigenvalue weighted by atomic mass is 35.5. The van der Waals surface area contributed by atoms with Gasteiger partial charge in [-0.1, -0.05) is 29.8 Å². The minimum Gasteiger partial charge on any atom is -0.496 e. The van der Waals surface area contributed by atoms with Gasteiger partial charge in [-0.15, -0.1) is 12.4 Å². The number of rotatable bonds is 3. The zero-order chi connectivity index (χ0) is 13.1. The second-order valence-corrected chi connectivity index (χ2v) is 4.56. The smallest absolute Gasteiger partial charge is 0.126 e. The average molecular weight is 278 g/mol. The predicted octanol–water partition coefficient (Wildman–Crippen LogP) is 3.86. The van der Waals surface area contributed by atoms with Crippen LogP contribution in [0.3, 0.4) is 0 Å². The van der Waals surface area contributed by atoms with Crippen molar-refractivity contribution < 1.29 is 4.74 Å². The second kappa shape index (κ2) is 6.60. The molecule has 0 aliphatic carbocycles. The summed E-state index contributed by atoms with van der Waals surface area (Å²) in [7, 11) is 1.69. The van der Waals surface area contributed by atoms with Crippen molar-refractivity contribution >= 4 is 12.4 Å². The van der Waals surface area contributed by atoms with Crippen LogP contribution in [-0.2, 0) is 6.54 Å². The minimum atomic E-state index is 0. The molecule has 0 radical (unpaired) electrons. The standard InChI is InChI=1S/C16H19NO.ClH/c1-11-5-4-6-13(7-11)14-8-12(2)16(18-3)15(9-14)10-17;/h4-9H,10,17H2,1-3H3;1H. The molecule has 19 heavy (non-hydrogen) atoms. The molecule has 0 unspecified atom stereocenters. The van der Waals surface area contributed by atoms with Crippen molar-refractivity contribution in [2.75, 3.05) is 7.11 Å². The normalized spacial score (nSPS) is 9.89. The van der Waals surface area contributed by atoms with Gasteiger partial charge < -0.3 is 10.5 Å². The van der Waals surface area contributed by atoms with Crippen LogP contribution in [0.15, 0.2) is 36.4 Å². The van der Waals surface area contributed by atoms with E-state index in [0.29, 0.717) is 6.54 Å². The summed E-state index contributed by atoms with van der Waals surface area (Å²) in [5.41, 5.74) is 11.6. The molecule has 102 valence electrons. The van der Waals surface area contributed by atoms with Gasteiger partial charge in [0.15, 0.2) is 0 Å². The van der Waals surface area contributed by atoms with Gasteiger partial charge in [0.1, 0.15) is 5.75 Å². The van der Waals surface area contributed by atoms with E-state index in [1.807, 2.05) is 0 Å². The average Bonchev–Trinajstić information content (AvgIpc) is 2.37. The van der Waals surface area contributed by atoms with E-state index in [4.69, 9.17) is 10.5 Å². The molecule has 0 saturated heterocycles. The molecule has 0 spiro atoms. The highest BCUT2D eigenvalue weighted by Gasteiger charge is 2.08. The maximum Gasteiger partial charge on any atom is 0.126 e. The third-order valence-corrected chi connectivity index (χ3v) is 3.13. The lowest BCUT2D eigenvalue weighted by Crippen LogP contribution is -2.02. The fourth-order valence-electron chi connectivity index (χ4n) is 2.28. The fraction of sp³-hybridized carbons (Fsp3) is 0.250. The van der Waals surface area contributed by atoms with Crippen LogP contribution in [0.1, 0.15) is 16.7 Å². The number of halogens is 1. The van der Waals surface area contributed by atoms with Gasteiger partial charge in [0.2, 0.25) is 0 Å². The second-order valence-electron chi connectivity index (χ2n) is 4.56. The Morgan fingerprint density at radius 1 is 1.05 bits per heavy atom. The van der Waals surface area contributed by atoms with Crippen molar-refractivity contribution in [2.24, 2.45) is 5.73 Å². The Labute approximate surface area is 121 Å². The monoisotopic (exact) mass is 277 g/mol. The highest BCUT2D eigenvalue weighted by molar-refractivity contribution is 5.85. The first-order chi connectivity index (χ1) is 8.65. The molecule has 3 heteroatoms. The zero-order valence-electron chi connectivity index (χ0n) is 11.6. The minimum absolute atomic E-state index is 0. The summed E-state index contributed by atoms with van der Waals surface area (Å²) >= 11 is 0. The van der Waals surface area contributed by atoms with Crippen LogP contribution in [0.4, 0.5) is 0 Å². The van der Waals surface area contributed by atoms with Gasteiger partial charge in [-0.25, -0.2) is 0 Å². The molecule has 0 fully saturated rings. The Morgan fingerprint density at radius 3 is 2.37 bits per heavy atom. The lowest BCUT2D eigenvalue weighted by atomic mass is 9.98. The number of benzene rings is 2. The molecule has 0 aliphatic rings. The molecule has 0 bridgehead atoms. The number of aryl methyl sites for hydroxylation is 2. The number of hydrogen-bond acceptors (Lipinski definition) is 2. The van der Waals surface area contributed by atoms with Gasteiger partial charge in [0.25, 0.3) is 0 Å². The van der Waals surface area contributed by atoms with Gasteiger partial charge in [0.05, 0.1) is 7.11 Å². The topological polar surface area (TPSA) is 35.2 Å². The van der Waals surface area contributed by atoms with E-state index in [1.165, 1.54) is 16.7 Å². The van der Waals surface area contributed by atoms with Crippen molar-refractivity contribution in [3.05, 3.63) is 53.1 Å². The summed E-state index contributed by atoms with van der Waals surface area (Å²) in [6.45, 7) is 4.64. The van der Waals surface area contributed by atoms with Gasteiger partial charge in [0, 0.05) is 12.1 Å². The van der Waals surface area contributed by atoms with Crippen LogP contribution in [0.2, 0.25) is 0 Å². The van der Waals surface area contributed by atoms with Crippen LogP contribution < -0.4 is 10.5 Å². The first-order valence-corrected chi connectivity index (χ1v) is 6.10. The van der Waals surface area contributed by atoms with Crippen LogP contribution >= 0.6 is 12.4 Å². The summed E-state index contributed by atoms with van der Waals surface area (Å²) in [4.78, 5) is 0. The van der Waals surface area contributed by atoms with E-state index in [9.17, 15) is 0 Å². The fourth-order valence-corrected chi connectivity index (χ4v) is 2.28. The maximum absolute atomic E-state index is 5.79. The maximum atomic E-state index is 5.79. The quantitative estimate of drug-likeness (QED) is 0.925. The van der Waals surface area contributed by atoms with Gasteiger partial charge in [-0.3, -0.25) is 0 Å². The Morgan fingerprint density at radius 2 is 1.79 bits per heavy atom. The molecule has 2 nitrogen and oxygen atoms in total. The molecular weight excluding hydrogens is 258 g/mol. The zero-order valence-corrected chi connectivity index (χ0v) is 12.4. The highest BCUT2D eigenvalue weighted by Crippen LogP contribution is 2.30. The predicted molar refractivity (Wildman–Crippen MR) is 83.0 cm³/mol. The molecule has 0 aromatic heterocycles. The van der Waals surface area contributed by atoms with Crippen LogP contribution in [-0.4, -0.2) is 7.11 Å². The van der Waals surface area contributed by atoms with Crippen LogP contribution in [0.5, 0.6) is 5.75 Å². The summed E-state index contributed by atoms with van der Waals surface area (Å²) in [5, 5.41) is 0. The Hall–Kier alpha value is -1.51. The SMILES string of the molecule is COc1c(C)cc(-c2cccc(C)c2)cc1CN.Cl. The Balaban J connectivity index is 0.00000180. The van der Waals surface area contributed by atoms with E-state index in [1.54, 1.807) is 7.11 Å². The first-order valence-electron chi connectivity index (χ1n) is 6.10. The molecule has 0 aliphatic heterocycles. The summed E-state index contributed by atoms with van der Waals surface area (Å²) < 4.78 is 5.40. The lowest BCUT2D eigenvalue weighted by molar-refractivity contribution is 0.407. The molecule has 0 heterocycles. The molecule has 2 aromatic carbocycles. The summed E-state index contributed by atoms with van der Waals surface area (Å²) in [6, 6.07) is 12.7. The van der Waals surface area contributed by atoms with Gasteiger partial charge in [-0.05, 0) is 42.7 Å². The molecule has 2 rings (SSSR count). The van der Waals surface area contributed by atoms with Crippen LogP contribution in [0.25, 0.3) is 11.1 Å². The summed E-state index contributed by atoms with van der Waals surface area (Å²) in [5.74, 6) is 0.897. The van der Waals surface area contributed by atoms with Crippen molar-refractivity contribution in [3.63, 3.8) is 0 Å². The number of methoxy groups -OCH3 is 1. The third kappa shape index (κ3) is 3.28.